The molecule has 1 heterocycles. The highest BCUT2D eigenvalue weighted by atomic mass is 16.5. The molecule has 20 heavy (non-hydrogen) atoms. The van der Waals surface area contributed by atoms with Gasteiger partial charge in [0.05, 0.1) is 6.10 Å². The van der Waals surface area contributed by atoms with E-state index in [1.807, 2.05) is 39.0 Å². The van der Waals surface area contributed by atoms with E-state index in [4.69, 9.17) is 4.74 Å². The van der Waals surface area contributed by atoms with Gasteiger partial charge in [0.15, 0.2) is 6.61 Å². The number of amides is 1. The van der Waals surface area contributed by atoms with Gasteiger partial charge >= 0.3 is 0 Å². The molecule has 1 aromatic rings. The van der Waals surface area contributed by atoms with Gasteiger partial charge in [0.1, 0.15) is 5.75 Å². The molecule has 2 rings (SSSR count). The van der Waals surface area contributed by atoms with Crippen molar-refractivity contribution >= 4 is 5.91 Å². The summed E-state index contributed by atoms with van der Waals surface area (Å²) in [6, 6.07) is 5.97. The Morgan fingerprint density at radius 3 is 2.90 bits per heavy atom. The zero-order chi connectivity index (χ0) is 14.7. The summed E-state index contributed by atoms with van der Waals surface area (Å²) in [7, 11) is 0. The average Bonchev–Trinajstić information content (AvgIpc) is 2.42. The Balaban J connectivity index is 1.90. The summed E-state index contributed by atoms with van der Waals surface area (Å²) in [4.78, 5) is 13.9. The molecule has 1 amide bonds. The highest BCUT2D eigenvalue weighted by molar-refractivity contribution is 5.78. The first-order valence-corrected chi connectivity index (χ1v) is 7.13. The fraction of sp³-hybridized carbons (Fsp3) is 0.562. The number of carbonyl (C=O) groups is 1. The number of hydrogen-bond donors (Lipinski definition) is 1. The Hall–Kier alpha value is -1.55. The lowest BCUT2D eigenvalue weighted by atomic mass is 9.97. The second-order valence-corrected chi connectivity index (χ2v) is 5.73. The first kappa shape index (κ1) is 14.9. The van der Waals surface area contributed by atoms with Gasteiger partial charge in [-0.25, -0.2) is 0 Å². The molecule has 1 aromatic carbocycles. The summed E-state index contributed by atoms with van der Waals surface area (Å²) in [5.41, 5.74) is 2.15. The molecule has 1 aliphatic heterocycles. The topological polar surface area (TPSA) is 49.8 Å². The molecule has 2 atom stereocenters. The van der Waals surface area contributed by atoms with Crippen molar-refractivity contribution in [3.63, 3.8) is 0 Å². The largest absolute Gasteiger partial charge is 0.483 e. The quantitative estimate of drug-likeness (QED) is 0.918. The Morgan fingerprint density at radius 2 is 2.20 bits per heavy atom. The van der Waals surface area contributed by atoms with Crippen LogP contribution in [-0.4, -0.2) is 41.7 Å². The Bertz CT molecular complexity index is 487. The molecule has 1 aliphatic rings. The van der Waals surface area contributed by atoms with Crippen LogP contribution in [0.25, 0.3) is 0 Å². The van der Waals surface area contributed by atoms with E-state index in [1.54, 1.807) is 4.90 Å². The number of aryl methyl sites for hydroxylation is 2. The van der Waals surface area contributed by atoms with E-state index < -0.39 is 0 Å². The number of hydrogen-bond acceptors (Lipinski definition) is 3. The van der Waals surface area contributed by atoms with Crippen LogP contribution in [0.2, 0.25) is 0 Å². The minimum absolute atomic E-state index is 0.00958. The van der Waals surface area contributed by atoms with Gasteiger partial charge in [-0.15, -0.1) is 0 Å². The minimum Gasteiger partial charge on any atom is -0.483 e. The van der Waals surface area contributed by atoms with E-state index in [0.717, 1.165) is 16.9 Å². The van der Waals surface area contributed by atoms with Crippen LogP contribution < -0.4 is 4.74 Å². The van der Waals surface area contributed by atoms with E-state index in [-0.39, 0.29) is 24.5 Å². The van der Waals surface area contributed by atoms with Crippen molar-refractivity contribution in [1.82, 2.24) is 4.90 Å². The molecular weight excluding hydrogens is 254 g/mol. The standard InChI is InChI=1S/C16H23NO3/c1-11-4-5-12(2)15(8-11)20-10-16(19)17-7-6-14(18)13(3)9-17/h4-5,8,13-14,18H,6-7,9-10H2,1-3H3. The van der Waals surface area contributed by atoms with Crippen LogP contribution in [0.15, 0.2) is 18.2 Å². The molecule has 4 nitrogen and oxygen atoms in total. The van der Waals surface area contributed by atoms with Crippen molar-refractivity contribution in [3.8, 4) is 5.75 Å². The van der Waals surface area contributed by atoms with Gasteiger partial charge in [-0.05, 0) is 43.4 Å². The fourth-order valence-electron chi connectivity index (χ4n) is 2.45. The summed E-state index contributed by atoms with van der Waals surface area (Å²) in [6.45, 7) is 7.22. The maximum absolute atomic E-state index is 12.1. The van der Waals surface area contributed by atoms with Crippen molar-refractivity contribution in [2.24, 2.45) is 5.92 Å². The normalized spacial score (nSPS) is 22.7. The third-order valence-electron chi connectivity index (χ3n) is 3.91. The molecule has 0 spiro atoms. The van der Waals surface area contributed by atoms with Crippen molar-refractivity contribution in [2.75, 3.05) is 19.7 Å². The van der Waals surface area contributed by atoms with Gasteiger partial charge in [0.2, 0.25) is 0 Å². The van der Waals surface area contributed by atoms with Crippen LogP contribution >= 0.6 is 0 Å². The van der Waals surface area contributed by atoms with Crippen LogP contribution in [0.4, 0.5) is 0 Å². The number of rotatable bonds is 3. The summed E-state index contributed by atoms with van der Waals surface area (Å²) < 4.78 is 5.64. The van der Waals surface area contributed by atoms with Crippen molar-refractivity contribution in [1.29, 1.82) is 0 Å². The van der Waals surface area contributed by atoms with Crippen LogP contribution in [0.5, 0.6) is 5.75 Å². The number of carbonyl (C=O) groups excluding carboxylic acids is 1. The lowest BCUT2D eigenvalue weighted by molar-refractivity contribution is -0.136. The number of piperidine rings is 1. The van der Waals surface area contributed by atoms with Crippen LogP contribution in [0.1, 0.15) is 24.5 Å². The van der Waals surface area contributed by atoms with Crippen molar-refractivity contribution in [3.05, 3.63) is 29.3 Å². The maximum Gasteiger partial charge on any atom is 0.260 e. The van der Waals surface area contributed by atoms with E-state index in [2.05, 4.69) is 0 Å². The number of aliphatic hydroxyl groups excluding tert-OH is 1. The Labute approximate surface area is 120 Å². The zero-order valence-corrected chi connectivity index (χ0v) is 12.4. The molecule has 0 saturated carbocycles. The lowest BCUT2D eigenvalue weighted by Crippen LogP contribution is -2.46. The number of likely N-dealkylation sites (tertiary alicyclic amines) is 1. The smallest absolute Gasteiger partial charge is 0.260 e. The van der Waals surface area contributed by atoms with Crippen LogP contribution in [0.3, 0.4) is 0 Å². The third-order valence-corrected chi connectivity index (χ3v) is 3.91. The van der Waals surface area contributed by atoms with Gasteiger partial charge in [-0.3, -0.25) is 4.79 Å². The van der Waals surface area contributed by atoms with Gasteiger partial charge in [-0.2, -0.15) is 0 Å². The summed E-state index contributed by atoms with van der Waals surface area (Å²) in [5.74, 6) is 0.890. The highest BCUT2D eigenvalue weighted by Crippen LogP contribution is 2.20. The first-order valence-electron chi connectivity index (χ1n) is 7.13. The number of benzene rings is 1. The van der Waals surface area contributed by atoms with Crippen LogP contribution in [0, 0.1) is 19.8 Å². The highest BCUT2D eigenvalue weighted by Gasteiger charge is 2.27. The molecule has 4 heteroatoms. The Morgan fingerprint density at radius 1 is 1.45 bits per heavy atom. The predicted molar refractivity (Wildman–Crippen MR) is 77.8 cm³/mol. The minimum atomic E-state index is -0.293. The summed E-state index contributed by atoms with van der Waals surface area (Å²) >= 11 is 0. The molecule has 110 valence electrons. The van der Waals surface area contributed by atoms with Gasteiger partial charge in [0.25, 0.3) is 5.91 Å². The van der Waals surface area contributed by atoms with E-state index in [1.165, 1.54) is 0 Å². The predicted octanol–water partition coefficient (Wildman–Crippen LogP) is 1.91. The van der Waals surface area contributed by atoms with Gasteiger partial charge < -0.3 is 14.7 Å². The zero-order valence-electron chi connectivity index (χ0n) is 12.4. The molecule has 1 saturated heterocycles. The summed E-state index contributed by atoms with van der Waals surface area (Å²) in [6.07, 6.45) is 0.357. The SMILES string of the molecule is Cc1ccc(C)c(OCC(=O)N2CCC(O)C(C)C2)c1. The van der Waals surface area contributed by atoms with Crippen molar-refractivity contribution < 1.29 is 14.6 Å². The van der Waals surface area contributed by atoms with E-state index in [0.29, 0.717) is 19.5 Å². The van der Waals surface area contributed by atoms with Gasteiger partial charge in [0, 0.05) is 13.1 Å². The first-order chi connectivity index (χ1) is 9.47. The third kappa shape index (κ3) is 3.51. The second kappa shape index (κ2) is 6.27. The molecule has 0 radical (unpaired) electrons. The maximum atomic E-state index is 12.1. The van der Waals surface area contributed by atoms with E-state index in [9.17, 15) is 9.90 Å². The molecule has 0 bridgehead atoms. The monoisotopic (exact) mass is 277 g/mol. The molecule has 1 fully saturated rings. The number of aliphatic hydroxyl groups is 1. The molecule has 0 aromatic heterocycles. The number of nitrogens with zero attached hydrogens (tertiary/aromatic N) is 1. The summed E-state index contributed by atoms with van der Waals surface area (Å²) in [5, 5.41) is 9.68. The van der Waals surface area contributed by atoms with Crippen LogP contribution in [-0.2, 0) is 4.79 Å². The molecule has 1 N–H and O–H groups in total. The Kier molecular flexibility index (Phi) is 4.65. The number of ether oxygens (including phenoxy) is 1. The molecule has 2 unspecified atom stereocenters. The lowest BCUT2D eigenvalue weighted by Gasteiger charge is -2.34. The van der Waals surface area contributed by atoms with Crippen molar-refractivity contribution in [2.45, 2.75) is 33.3 Å². The average molecular weight is 277 g/mol. The fourth-order valence-corrected chi connectivity index (χ4v) is 2.45. The molecule has 0 aliphatic carbocycles. The second-order valence-electron chi connectivity index (χ2n) is 5.73. The molecular formula is C16H23NO3. The van der Waals surface area contributed by atoms with Gasteiger partial charge in [-0.1, -0.05) is 19.1 Å². The van der Waals surface area contributed by atoms with E-state index >= 15 is 0 Å².